The lowest BCUT2D eigenvalue weighted by Crippen LogP contribution is -2.22. The molecule has 0 bridgehead atoms. The van der Waals surface area contributed by atoms with Crippen molar-refractivity contribution >= 4 is 11.9 Å². The highest BCUT2D eigenvalue weighted by atomic mass is 16.4. The molecule has 6 heteroatoms. The highest BCUT2D eigenvalue weighted by Crippen LogP contribution is 2.23. The topological polar surface area (TPSA) is 115 Å². The Labute approximate surface area is 103 Å². The second-order valence-electron chi connectivity index (χ2n) is 3.99. The van der Waals surface area contributed by atoms with Gasteiger partial charge in [-0.1, -0.05) is 6.07 Å². The molecule has 1 aromatic carbocycles. The number of carboxylic acids is 2. The standard InChI is InChI=1S/C12H14O6/c1-6-2-3-7(12(17)18)4-8(6)11(16)9(13)5-10(14)15/h2-4,9,11,13,16H,5H2,1H3,(H,14,15)(H,17,18). The SMILES string of the molecule is Cc1ccc(C(=O)O)cc1C(O)C(O)CC(=O)O. The maximum Gasteiger partial charge on any atom is 0.335 e. The van der Waals surface area contributed by atoms with Crippen molar-refractivity contribution in [1.82, 2.24) is 0 Å². The molecule has 4 N–H and O–H groups in total. The molecule has 0 fully saturated rings. The van der Waals surface area contributed by atoms with Crippen LogP contribution in [0.15, 0.2) is 18.2 Å². The number of aliphatic carboxylic acids is 1. The number of rotatable bonds is 5. The monoisotopic (exact) mass is 254 g/mol. The number of carbonyl (C=O) groups is 2. The molecule has 0 saturated heterocycles. The molecule has 0 amide bonds. The molecule has 0 aliphatic heterocycles. The van der Waals surface area contributed by atoms with Crippen LogP contribution in [-0.4, -0.2) is 38.5 Å². The Bertz CT molecular complexity index is 468. The number of aromatic carboxylic acids is 1. The van der Waals surface area contributed by atoms with Gasteiger partial charge in [0.25, 0.3) is 0 Å². The van der Waals surface area contributed by atoms with Gasteiger partial charge in [-0.15, -0.1) is 0 Å². The average Bonchev–Trinajstić information content (AvgIpc) is 2.27. The van der Waals surface area contributed by atoms with Crippen LogP contribution < -0.4 is 0 Å². The van der Waals surface area contributed by atoms with E-state index in [-0.39, 0.29) is 11.1 Å². The molecule has 1 rings (SSSR count). The summed E-state index contributed by atoms with van der Waals surface area (Å²) in [6, 6.07) is 4.10. The van der Waals surface area contributed by atoms with Gasteiger partial charge in [0.2, 0.25) is 0 Å². The van der Waals surface area contributed by atoms with E-state index < -0.39 is 30.6 Å². The summed E-state index contributed by atoms with van der Waals surface area (Å²) in [7, 11) is 0. The van der Waals surface area contributed by atoms with E-state index in [4.69, 9.17) is 10.2 Å². The Balaban J connectivity index is 3.03. The highest BCUT2D eigenvalue weighted by Gasteiger charge is 2.23. The molecule has 98 valence electrons. The first kappa shape index (κ1) is 14.1. The van der Waals surface area contributed by atoms with Crippen molar-refractivity contribution in [3.63, 3.8) is 0 Å². The predicted molar refractivity (Wildman–Crippen MR) is 61.4 cm³/mol. The first-order valence-corrected chi connectivity index (χ1v) is 5.24. The van der Waals surface area contributed by atoms with E-state index in [9.17, 15) is 19.8 Å². The molecule has 18 heavy (non-hydrogen) atoms. The van der Waals surface area contributed by atoms with Crippen LogP contribution in [0.1, 0.15) is 34.0 Å². The molecule has 2 atom stereocenters. The number of carboxylic acid groups (broad SMARTS) is 2. The summed E-state index contributed by atoms with van der Waals surface area (Å²) in [5.74, 6) is -2.40. The Hall–Kier alpha value is -1.92. The molecule has 0 aliphatic rings. The minimum atomic E-state index is -1.48. The fourth-order valence-electron chi connectivity index (χ4n) is 1.59. The van der Waals surface area contributed by atoms with Crippen LogP contribution in [0.2, 0.25) is 0 Å². The number of aliphatic hydroxyl groups excluding tert-OH is 2. The minimum Gasteiger partial charge on any atom is -0.481 e. The van der Waals surface area contributed by atoms with Crippen LogP contribution in [0.25, 0.3) is 0 Å². The average molecular weight is 254 g/mol. The minimum absolute atomic E-state index is 0.0304. The Kier molecular flexibility index (Phi) is 4.41. The Morgan fingerprint density at radius 1 is 1.22 bits per heavy atom. The van der Waals surface area contributed by atoms with Crippen molar-refractivity contribution in [3.8, 4) is 0 Å². The zero-order valence-corrected chi connectivity index (χ0v) is 9.70. The third-order valence-electron chi connectivity index (χ3n) is 2.59. The van der Waals surface area contributed by atoms with Crippen LogP contribution in [0.4, 0.5) is 0 Å². The van der Waals surface area contributed by atoms with Crippen LogP contribution in [0.3, 0.4) is 0 Å². The maximum atomic E-state index is 10.8. The molecule has 0 spiro atoms. The van der Waals surface area contributed by atoms with Gasteiger partial charge in [-0.3, -0.25) is 4.79 Å². The van der Waals surface area contributed by atoms with Crippen LogP contribution >= 0.6 is 0 Å². The number of hydrogen-bond acceptors (Lipinski definition) is 4. The first-order valence-electron chi connectivity index (χ1n) is 5.24. The summed E-state index contributed by atoms with van der Waals surface area (Å²) in [6.07, 6.45) is -3.52. The Morgan fingerprint density at radius 3 is 2.33 bits per heavy atom. The molecular weight excluding hydrogens is 240 g/mol. The molecule has 0 aromatic heterocycles. The van der Waals surface area contributed by atoms with Gasteiger partial charge in [0.1, 0.15) is 6.10 Å². The third kappa shape index (κ3) is 3.28. The van der Waals surface area contributed by atoms with Crippen molar-refractivity contribution in [3.05, 3.63) is 34.9 Å². The largest absolute Gasteiger partial charge is 0.481 e. The molecule has 0 heterocycles. The fraction of sp³-hybridized carbons (Fsp3) is 0.333. The summed E-state index contributed by atoms with van der Waals surface area (Å²) >= 11 is 0. The highest BCUT2D eigenvalue weighted by molar-refractivity contribution is 5.87. The molecule has 0 radical (unpaired) electrons. The summed E-state index contributed by atoms with van der Waals surface area (Å²) in [6.45, 7) is 1.64. The summed E-state index contributed by atoms with van der Waals surface area (Å²) in [5.41, 5.74) is 0.762. The maximum absolute atomic E-state index is 10.8. The van der Waals surface area contributed by atoms with E-state index in [1.165, 1.54) is 18.2 Å². The van der Waals surface area contributed by atoms with E-state index in [0.717, 1.165) is 0 Å². The quantitative estimate of drug-likeness (QED) is 0.610. The zero-order valence-electron chi connectivity index (χ0n) is 9.70. The van der Waals surface area contributed by atoms with Gasteiger partial charge < -0.3 is 20.4 Å². The summed E-state index contributed by atoms with van der Waals surface area (Å²) in [5, 5.41) is 36.7. The zero-order chi connectivity index (χ0) is 13.9. The number of aliphatic hydroxyl groups is 2. The molecular formula is C12H14O6. The van der Waals surface area contributed by atoms with E-state index in [0.29, 0.717) is 5.56 Å². The normalized spacial score (nSPS) is 13.9. The lowest BCUT2D eigenvalue weighted by molar-refractivity contribution is -0.141. The summed E-state index contributed by atoms with van der Waals surface area (Å²) < 4.78 is 0. The van der Waals surface area contributed by atoms with Crippen molar-refractivity contribution in [1.29, 1.82) is 0 Å². The van der Waals surface area contributed by atoms with Crippen LogP contribution in [0, 0.1) is 6.92 Å². The van der Waals surface area contributed by atoms with E-state index in [2.05, 4.69) is 0 Å². The van der Waals surface area contributed by atoms with Gasteiger partial charge in [0.05, 0.1) is 18.1 Å². The van der Waals surface area contributed by atoms with Gasteiger partial charge >= 0.3 is 11.9 Å². The third-order valence-corrected chi connectivity index (χ3v) is 2.59. The van der Waals surface area contributed by atoms with Crippen molar-refractivity contribution < 1.29 is 30.0 Å². The number of hydrogen-bond donors (Lipinski definition) is 4. The summed E-state index contributed by atoms with van der Waals surface area (Å²) in [4.78, 5) is 21.2. The Morgan fingerprint density at radius 2 is 1.83 bits per heavy atom. The van der Waals surface area contributed by atoms with Crippen LogP contribution in [0.5, 0.6) is 0 Å². The molecule has 0 aliphatic carbocycles. The smallest absolute Gasteiger partial charge is 0.335 e. The van der Waals surface area contributed by atoms with Crippen LogP contribution in [-0.2, 0) is 4.79 Å². The van der Waals surface area contributed by atoms with Gasteiger partial charge in [-0.2, -0.15) is 0 Å². The molecule has 1 aromatic rings. The second kappa shape index (κ2) is 5.61. The number of benzene rings is 1. The molecule has 2 unspecified atom stereocenters. The van der Waals surface area contributed by atoms with Crippen molar-refractivity contribution in [2.24, 2.45) is 0 Å². The lowest BCUT2D eigenvalue weighted by Gasteiger charge is -2.18. The number of aryl methyl sites for hydroxylation is 1. The van der Waals surface area contributed by atoms with E-state index in [1.54, 1.807) is 6.92 Å². The fourth-order valence-corrected chi connectivity index (χ4v) is 1.59. The van der Waals surface area contributed by atoms with Gasteiger partial charge in [-0.25, -0.2) is 4.79 Å². The van der Waals surface area contributed by atoms with Gasteiger partial charge in [0.15, 0.2) is 0 Å². The van der Waals surface area contributed by atoms with Crippen molar-refractivity contribution in [2.75, 3.05) is 0 Å². The van der Waals surface area contributed by atoms with Crippen molar-refractivity contribution in [2.45, 2.75) is 25.6 Å². The predicted octanol–water partition coefficient (Wildman–Crippen LogP) is 0.562. The van der Waals surface area contributed by atoms with Gasteiger partial charge in [-0.05, 0) is 30.2 Å². The first-order chi connectivity index (χ1) is 8.32. The molecule has 6 nitrogen and oxygen atoms in total. The van der Waals surface area contributed by atoms with E-state index in [1.807, 2.05) is 0 Å². The lowest BCUT2D eigenvalue weighted by atomic mass is 9.96. The van der Waals surface area contributed by atoms with Gasteiger partial charge in [0, 0.05) is 0 Å². The second-order valence-corrected chi connectivity index (χ2v) is 3.99. The molecule has 0 saturated carbocycles. The van der Waals surface area contributed by atoms with E-state index >= 15 is 0 Å².